The molecule has 19 heavy (non-hydrogen) atoms. The van der Waals surface area contributed by atoms with E-state index in [0.717, 1.165) is 28.3 Å². The lowest BCUT2D eigenvalue weighted by Crippen LogP contribution is -1.96. The highest BCUT2D eigenvalue weighted by Crippen LogP contribution is 2.31. The Kier molecular flexibility index (Phi) is 4.46. The van der Waals surface area contributed by atoms with E-state index in [-0.39, 0.29) is 0 Å². The first-order chi connectivity index (χ1) is 9.11. The van der Waals surface area contributed by atoms with E-state index in [0.29, 0.717) is 5.75 Å². The van der Waals surface area contributed by atoms with Crippen LogP contribution in [0.25, 0.3) is 0 Å². The van der Waals surface area contributed by atoms with E-state index in [9.17, 15) is 5.11 Å². The van der Waals surface area contributed by atoms with Crippen LogP contribution in [0.4, 0.5) is 0 Å². The maximum atomic E-state index is 9.73. The number of para-hydroxylation sites is 1. The van der Waals surface area contributed by atoms with Crippen molar-refractivity contribution < 1.29 is 9.84 Å². The SMILES string of the molecule is CCc1cc(Oc2ccccc2[C@@H](C)O)ccc1Cl. The van der Waals surface area contributed by atoms with Crippen molar-refractivity contribution >= 4 is 11.6 Å². The quantitative estimate of drug-likeness (QED) is 0.873. The van der Waals surface area contributed by atoms with Gasteiger partial charge in [-0.3, -0.25) is 0 Å². The fourth-order valence-electron chi connectivity index (χ4n) is 1.93. The van der Waals surface area contributed by atoms with Gasteiger partial charge >= 0.3 is 0 Å². The minimum absolute atomic E-state index is 0.561. The predicted molar refractivity (Wildman–Crippen MR) is 78.0 cm³/mol. The summed E-state index contributed by atoms with van der Waals surface area (Å²) in [6, 6.07) is 13.1. The number of aryl methyl sites for hydroxylation is 1. The molecule has 3 heteroatoms. The van der Waals surface area contributed by atoms with Gasteiger partial charge in [0.2, 0.25) is 0 Å². The number of halogens is 1. The molecule has 2 aromatic rings. The van der Waals surface area contributed by atoms with Gasteiger partial charge in [-0.2, -0.15) is 0 Å². The number of benzene rings is 2. The lowest BCUT2D eigenvalue weighted by Gasteiger charge is -2.13. The molecule has 100 valence electrons. The third-order valence-electron chi connectivity index (χ3n) is 2.99. The molecule has 2 rings (SSSR count). The first-order valence-corrected chi connectivity index (χ1v) is 6.73. The standard InChI is InChI=1S/C16H17ClO2/c1-3-12-10-13(8-9-15(12)17)19-16-7-5-4-6-14(16)11(2)18/h4-11,18H,3H2,1-2H3/t11-/m1/s1. The summed E-state index contributed by atoms with van der Waals surface area (Å²) in [6.07, 6.45) is 0.294. The molecule has 0 radical (unpaired) electrons. The van der Waals surface area contributed by atoms with Gasteiger partial charge in [0.15, 0.2) is 0 Å². The highest BCUT2D eigenvalue weighted by molar-refractivity contribution is 6.31. The van der Waals surface area contributed by atoms with Crippen LogP contribution in [0.15, 0.2) is 42.5 Å². The average Bonchev–Trinajstić information content (AvgIpc) is 2.41. The van der Waals surface area contributed by atoms with Crippen LogP contribution in [-0.4, -0.2) is 5.11 Å². The number of aliphatic hydroxyl groups is 1. The molecule has 0 amide bonds. The largest absolute Gasteiger partial charge is 0.457 e. The fraction of sp³-hybridized carbons (Fsp3) is 0.250. The Labute approximate surface area is 118 Å². The van der Waals surface area contributed by atoms with Crippen molar-refractivity contribution in [2.75, 3.05) is 0 Å². The Balaban J connectivity index is 2.31. The van der Waals surface area contributed by atoms with Gasteiger partial charge in [0.05, 0.1) is 6.10 Å². The Morgan fingerprint density at radius 3 is 2.63 bits per heavy atom. The molecular formula is C16H17ClO2. The summed E-state index contributed by atoms with van der Waals surface area (Å²) in [5, 5.41) is 10.5. The molecule has 0 saturated heterocycles. The molecule has 0 aromatic heterocycles. The van der Waals surface area contributed by atoms with Crippen LogP contribution in [0.3, 0.4) is 0 Å². The number of ether oxygens (including phenoxy) is 1. The van der Waals surface area contributed by atoms with E-state index in [1.54, 1.807) is 6.92 Å². The van der Waals surface area contributed by atoms with Gasteiger partial charge in [0, 0.05) is 10.6 Å². The lowest BCUT2D eigenvalue weighted by atomic mass is 10.1. The zero-order valence-corrected chi connectivity index (χ0v) is 11.8. The highest BCUT2D eigenvalue weighted by Gasteiger charge is 2.09. The summed E-state index contributed by atoms with van der Waals surface area (Å²) < 4.78 is 5.85. The second-order valence-electron chi connectivity index (χ2n) is 4.42. The van der Waals surface area contributed by atoms with Gasteiger partial charge < -0.3 is 9.84 Å². The van der Waals surface area contributed by atoms with Crippen LogP contribution >= 0.6 is 11.6 Å². The van der Waals surface area contributed by atoms with Crippen LogP contribution < -0.4 is 4.74 Å². The van der Waals surface area contributed by atoms with Gasteiger partial charge in [-0.15, -0.1) is 0 Å². The van der Waals surface area contributed by atoms with Crippen LogP contribution in [0, 0.1) is 0 Å². The predicted octanol–water partition coefficient (Wildman–Crippen LogP) is 4.75. The van der Waals surface area contributed by atoms with Gasteiger partial charge in [-0.25, -0.2) is 0 Å². The minimum atomic E-state index is -0.561. The van der Waals surface area contributed by atoms with Gasteiger partial charge in [0.25, 0.3) is 0 Å². The van der Waals surface area contributed by atoms with Gasteiger partial charge in [-0.05, 0) is 43.2 Å². The van der Waals surface area contributed by atoms with Crippen molar-refractivity contribution in [3.63, 3.8) is 0 Å². The average molecular weight is 277 g/mol. The summed E-state index contributed by atoms with van der Waals surface area (Å²) in [5.41, 5.74) is 1.82. The lowest BCUT2D eigenvalue weighted by molar-refractivity contribution is 0.195. The van der Waals surface area contributed by atoms with E-state index in [2.05, 4.69) is 6.92 Å². The minimum Gasteiger partial charge on any atom is -0.457 e. The molecule has 0 spiro atoms. The molecule has 2 aromatic carbocycles. The molecule has 0 unspecified atom stereocenters. The molecule has 0 heterocycles. The van der Waals surface area contributed by atoms with Gasteiger partial charge in [0.1, 0.15) is 11.5 Å². The van der Waals surface area contributed by atoms with E-state index in [4.69, 9.17) is 16.3 Å². The monoisotopic (exact) mass is 276 g/mol. The third-order valence-corrected chi connectivity index (χ3v) is 3.36. The Morgan fingerprint density at radius 1 is 1.21 bits per heavy atom. The van der Waals surface area contributed by atoms with Crippen molar-refractivity contribution in [2.24, 2.45) is 0 Å². The zero-order valence-electron chi connectivity index (χ0n) is 11.1. The van der Waals surface area contributed by atoms with Crippen LogP contribution in [-0.2, 0) is 6.42 Å². The molecule has 0 aliphatic carbocycles. The summed E-state index contributed by atoms with van der Waals surface area (Å²) in [7, 11) is 0. The molecule has 0 aliphatic heterocycles. The Bertz CT molecular complexity index is 564. The van der Waals surface area contributed by atoms with Crippen molar-refractivity contribution in [3.05, 3.63) is 58.6 Å². The molecule has 0 saturated carbocycles. The molecule has 0 bridgehead atoms. The van der Waals surface area contributed by atoms with Crippen molar-refractivity contribution in [3.8, 4) is 11.5 Å². The van der Waals surface area contributed by atoms with Crippen LogP contribution in [0.1, 0.15) is 31.1 Å². The number of hydrogen-bond acceptors (Lipinski definition) is 2. The molecule has 0 aliphatic rings. The van der Waals surface area contributed by atoms with Crippen molar-refractivity contribution in [1.82, 2.24) is 0 Å². The smallest absolute Gasteiger partial charge is 0.133 e. The molecule has 1 N–H and O–H groups in total. The normalized spacial score (nSPS) is 12.2. The fourth-order valence-corrected chi connectivity index (χ4v) is 2.18. The maximum Gasteiger partial charge on any atom is 0.133 e. The highest BCUT2D eigenvalue weighted by atomic mass is 35.5. The summed E-state index contributed by atoms with van der Waals surface area (Å²) in [4.78, 5) is 0. The second kappa shape index (κ2) is 6.09. The van der Waals surface area contributed by atoms with E-state index >= 15 is 0 Å². The second-order valence-corrected chi connectivity index (χ2v) is 4.83. The number of hydrogen-bond donors (Lipinski definition) is 1. The van der Waals surface area contributed by atoms with E-state index in [1.165, 1.54) is 0 Å². The Morgan fingerprint density at radius 2 is 1.95 bits per heavy atom. The topological polar surface area (TPSA) is 29.5 Å². The third kappa shape index (κ3) is 3.28. The first kappa shape index (κ1) is 13.9. The molecule has 1 atom stereocenters. The van der Waals surface area contributed by atoms with Crippen LogP contribution in [0.5, 0.6) is 11.5 Å². The van der Waals surface area contributed by atoms with Crippen LogP contribution in [0.2, 0.25) is 5.02 Å². The molecule has 0 fully saturated rings. The van der Waals surface area contributed by atoms with Crippen molar-refractivity contribution in [1.29, 1.82) is 0 Å². The zero-order chi connectivity index (χ0) is 13.8. The van der Waals surface area contributed by atoms with Crippen molar-refractivity contribution in [2.45, 2.75) is 26.4 Å². The molecular weight excluding hydrogens is 260 g/mol. The number of rotatable bonds is 4. The van der Waals surface area contributed by atoms with Gasteiger partial charge in [-0.1, -0.05) is 36.7 Å². The molecule has 2 nitrogen and oxygen atoms in total. The first-order valence-electron chi connectivity index (χ1n) is 6.35. The maximum absolute atomic E-state index is 9.73. The summed E-state index contributed by atoms with van der Waals surface area (Å²) in [6.45, 7) is 3.77. The summed E-state index contributed by atoms with van der Waals surface area (Å²) in [5.74, 6) is 1.40. The number of aliphatic hydroxyl groups excluding tert-OH is 1. The summed E-state index contributed by atoms with van der Waals surface area (Å²) >= 11 is 6.09. The van der Waals surface area contributed by atoms with E-state index in [1.807, 2.05) is 42.5 Å². The van der Waals surface area contributed by atoms with E-state index < -0.39 is 6.10 Å². The Hall–Kier alpha value is -1.51.